The first-order valence-electron chi connectivity index (χ1n) is 6.89. The van der Waals surface area contributed by atoms with Crippen LogP contribution in [0.15, 0.2) is 54.6 Å². The van der Waals surface area contributed by atoms with Gasteiger partial charge in [-0.25, -0.2) is 4.68 Å². The number of aromatic nitrogens is 2. The van der Waals surface area contributed by atoms with Gasteiger partial charge in [0.15, 0.2) is 5.75 Å². The Bertz CT molecular complexity index is 822. The maximum atomic E-state index is 13.1. The molecule has 3 nitrogen and oxygen atoms in total. The third kappa shape index (κ3) is 2.79. The topological polar surface area (TPSA) is 38.0 Å². The number of hydrogen-bond acceptors (Lipinski definition) is 2. The lowest BCUT2D eigenvalue weighted by molar-refractivity contribution is -0.142. The minimum atomic E-state index is -4.73. The molecule has 0 fully saturated rings. The fourth-order valence-electron chi connectivity index (χ4n) is 2.33. The largest absolute Gasteiger partial charge is 0.504 e. The van der Waals surface area contributed by atoms with Crippen LogP contribution in [-0.4, -0.2) is 14.9 Å². The molecule has 0 aliphatic rings. The summed E-state index contributed by atoms with van der Waals surface area (Å²) in [5.41, 5.74) is 0.593. The van der Waals surface area contributed by atoms with Gasteiger partial charge in [0.05, 0.1) is 5.69 Å². The Morgan fingerprint density at radius 2 is 1.57 bits per heavy atom. The number of alkyl halides is 3. The van der Waals surface area contributed by atoms with Crippen LogP contribution in [0.1, 0.15) is 11.3 Å². The number of rotatable bonds is 2. The van der Waals surface area contributed by atoms with E-state index in [1.807, 2.05) is 6.92 Å². The van der Waals surface area contributed by atoms with Crippen molar-refractivity contribution in [1.29, 1.82) is 0 Å². The molecule has 1 aromatic heterocycles. The summed E-state index contributed by atoms with van der Waals surface area (Å²) in [5, 5.41) is 13.7. The van der Waals surface area contributed by atoms with Crippen LogP contribution >= 0.6 is 0 Å². The van der Waals surface area contributed by atoms with Gasteiger partial charge in [0.1, 0.15) is 5.69 Å². The van der Waals surface area contributed by atoms with Gasteiger partial charge < -0.3 is 5.11 Å². The molecule has 0 amide bonds. The summed E-state index contributed by atoms with van der Waals surface area (Å²) in [4.78, 5) is 0. The molecule has 0 unspecified atom stereocenters. The number of hydrogen-bond donors (Lipinski definition) is 1. The molecule has 3 rings (SSSR count). The van der Waals surface area contributed by atoms with Crippen LogP contribution in [0.5, 0.6) is 5.75 Å². The first kappa shape index (κ1) is 15.1. The number of halogens is 3. The smallest absolute Gasteiger partial charge is 0.438 e. The Balaban J connectivity index is 2.28. The molecule has 0 radical (unpaired) electrons. The zero-order chi connectivity index (χ0) is 16.6. The highest BCUT2D eigenvalue weighted by Crippen LogP contribution is 2.41. The van der Waals surface area contributed by atoms with Gasteiger partial charge >= 0.3 is 6.18 Å². The predicted octanol–water partition coefficient (Wildman–Crippen LogP) is 4.57. The molecule has 1 N–H and O–H groups in total. The summed E-state index contributed by atoms with van der Waals surface area (Å²) in [5.74, 6) is -0.871. The van der Waals surface area contributed by atoms with Crippen LogP contribution in [0.3, 0.4) is 0 Å². The molecule has 1 heterocycles. The van der Waals surface area contributed by atoms with E-state index in [-0.39, 0.29) is 5.69 Å². The van der Waals surface area contributed by atoms with Gasteiger partial charge in [-0.2, -0.15) is 18.3 Å². The van der Waals surface area contributed by atoms with Gasteiger partial charge in [-0.1, -0.05) is 48.0 Å². The monoisotopic (exact) mass is 318 g/mol. The maximum Gasteiger partial charge on any atom is 0.438 e. The van der Waals surface area contributed by atoms with Gasteiger partial charge in [0.2, 0.25) is 5.69 Å². The fraction of sp³-hybridized carbons (Fsp3) is 0.118. The maximum absolute atomic E-state index is 13.1. The van der Waals surface area contributed by atoms with E-state index >= 15 is 0 Å². The number of aryl methyl sites for hydroxylation is 1. The van der Waals surface area contributed by atoms with Crippen molar-refractivity contribution in [2.24, 2.45) is 0 Å². The van der Waals surface area contributed by atoms with Crippen LogP contribution in [0.2, 0.25) is 0 Å². The molecule has 118 valence electrons. The Hall–Kier alpha value is -2.76. The molecule has 0 atom stereocenters. The minimum Gasteiger partial charge on any atom is -0.504 e. The van der Waals surface area contributed by atoms with Crippen molar-refractivity contribution in [3.05, 3.63) is 65.9 Å². The van der Waals surface area contributed by atoms with E-state index in [1.54, 1.807) is 54.6 Å². The number of benzene rings is 2. The first-order valence-corrected chi connectivity index (χ1v) is 6.89. The van der Waals surface area contributed by atoms with E-state index in [2.05, 4.69) is 5.10 Å². The quantitative estimate of drug-likeness (QED) is 0.751. The van der Waals surface area contributed by atoms with Crippen molar-refractivity contribution in [1.82, 2.24) is 9.78 Å². The molecule has 6 heteroatoms. The van der Waals surface area contributed by atoms with Crippen molar-refractivity contribution in [3.8, 4) is 22.7 Å². The summed E-state index contributed by atoms with van der Waals surface area (Å²) >= 11 is 0. The second-order valence-corrected chi connectivity index (χ2v) is 5.16. The van der Waals surface area contributed by atoms with Crippen LogP contribution in [0.25, 0.3) is 16.9 Å². The highest BCUT2D eigenvalue weighted by molar-refractivity contribution is 5.70. The summed E-state index contributed by atoms with van der Waals surface area (Å²) in [6.45, 7) is 1.88. The molecule has 0 spiro atoms. The van der Waals surface area contributed by atoms with E-state index in [0.29, 0.717) is 11.3 Å². The second kappa shape index (κ2) is 5.46. The molecule has 2 aromatic carbocycles. The molecular weight excluding hydrogens is 305 g/mol. The minimum absolute atomic E-state index is 0.0155. The molecule has 0 aliphatic carbocycles. The van der Waals surface area contributed by atoms with E-state index < -0.39 is 17.6 Å². The molecule has 0 aliphatic heterocycles. The summed E-state index contributed by atoms with van der Waals surface area (Å²) in [6, 6.07) is 15.2. The SMILES string of the molecule is Cc1ccc(-n2nc(C(F)(F)F)c(O)c2-c2ccccc2)cc1. The van der Waals surface area contributed by atoms with Gasteiger partial charge in [-0.3, -0.25) is 0 Å². The average molecular weight is 318 g/mol. The standard InChI is InChI=1S/C17H13F3N2O/c1-11-7-9-13(10-8-11)22-14(12-5-3-2-4-6-12)15(23)16(21-22)17(18,19)20/h2-10,23H,1H3. The third-order valence-electron chi connectivity index (χ3n) is 3.45. The zero-order valence-corrected chi connectivity index (χ0v) is 12.2. The molecular formula is C17H13F3N2O. The van der Waals surface area contributed by atoms with Crippen molar-refractivity contribution in [2.45, 2.75) is 13.1 Å². The van der Waals surface area contributed by atoms with Gasteiger partial charge in [0, 0.05) is 5.56 Å². The molecule has 0 bridgehead atoms. The Morgan fingerprint density at radius 1 is 0.957 bits per heavy atom. The summed E-state index contributed by atoms with van der Waals surface area (Å²) in [7, 11) is 0. The van der Waals surface area contributed by atoms with Crippen LogP contribution in [0, 0.1) is 6.92 Å². The van der Waals surface area contributed by atoms with Crippen LogP contribution < -0.4 is 0 Å². The molecule has 23 heavy (non-hydrogen) atoms. The van der Waals surface area contributed by atoms with E-state index in [0.717, 1.165) is 10.2 Å². The zero-order valence-electron chi connectivity index (χ0n) is 12.2. The van der Waals surface area contributed by atoms with E-state index in [1.165, 1.54) is 0 Å². The number of nitrogens with zero attached hydrogens (tertiary/aromatic N) is 2. The Morgan fingerprint density at radius 3 is 2.13 bits per heavy atom. The summed E-state index contributed by atoms with van der Waals surface area (Å²) < 4.78 is 40.4. The lowest BCUT2D eigenvalue weighted by atomic mass is 10.1. The van der Waals surface area contributed by atoms with Crippen molar-refractivity contribution >= 4 is 0 Å². The van der Waals surface area contributed by atoms with Crippen molar-refractivity contribution in [3.63, 3.8) is 0 Å². The van der Waals surface area contributed by atoms with Crippen LogP contribution in [-0.2, 0) is 6.18 Å². The summed E-state index contributed by atoms with van der Waals surface area (Å²) in [6.07, 6.45) is -4.73. The highest BCUT2D eigenvalue weighted by atomic mass is 19.4. The van der Waals surface area contributed by atoms with Gasteiger partial charge in [-0.05, 0) is 19.1 Å². The average Bonchev–Trinajstić information content (AvgIpc) is 2.86. The fourth-order valence-corrected chi connectivity index (χ4v) is 2.33. The lowest BCUT2D eigenvalue weighted by Gasteiger charge is -2.08. The molecule has 0 saturated heterocycles. The molecule has 0 saturated carbocycles. The third-order valence-corrected chi connectivity index (χ3v) is 3.45. The van der Waals surface area contributed by atoms with Crippen molar-refractivity contribution < 1.29 is 18.3 Å². The first-order chi connectivity index (χ1) is 10.9. The Labute approximate surface area is 130 Å². The van der Waals surface area contributed by atoms with E-state index in [9.17, 15) is 18.3 Å². The lowest BCUT2D eigenvalue weighted by Crippen LogP contribution is -2.07. The van der Waals surface area contributed by atoms with E-state index in [4.69, 9.17) is 0 Å². The predicted molar refractivity (Wildman–Crippen MR) is 80.4 cm³/mol. The number of aromatic hydroxyl groups is 1. The van der Waals surface area contributed by atoms with Crippen molar-refractivity contribution in [2.75, 3.05) is 0 Å². The van der Waals surface area contributed by atoms with Gasteiger partial charge in [0.25, 0.3) is 0 Å². The second-order valence-electron chi connectivity index (χ2n) is 5.16. The van der Waals surface area contributed by atoms with Crippen LogP contribution in [0.4, 0.5) is 13.2 Å². The van der Waals surface area contributed by atoms with Gasteiger partial charge in [-0.15, -0.1) is 0 Å². The Kier molecular flexibility index (Phi) is 3.60. The highest BCUT2D eigenvalue weighted by Gasteiger charge is 2.40. The normalized spacial score (nSPS) is 11.7. The molecule has 3 aromatic rings.